The highest BCUT2D eigenvalue weighted by Crippen LogP contribution is 2.42. The van der Waals surface area contributed by atoms with Gasteiger partial charge in [-0.3, -0.25) is 0 Å². The number of anilines is 4. The summed E-state index contributed by atoms with van der Waals surface area (Å²) in [5, 5.41) is 12.7. The molecule has 0 fully saturated rings. The van der Waals surface area contributed by atoms with Crippen molar-refractivity contribution in [2.75, 3.05) is 10.6 Å². The molecule has 0 aliphatic carbocycles. The number of nitrogens with zero attached hydrogens (tertiary/aromatic N) is 3. The molecule has 0 saturated heterocycles. The molecule has 0 aliphatic heterocycles. The molecular formula is C96H67BrN4. The lowest BCUT2D eigenvalue weighted by atomic mass is 9.97. The van der Waals surface area contributed by atoms with Crippen molar-refractivity contribution in [3.05, 3.63) is 399 Å². The fourth-order valence-corrected chi connectivity index (χ4v) is 14.9. The van der Waals surface area contributed by atoms with Crippen LogP contribution in [0.5, 0.6) is 0 Å². The molecule has 0 radical (unpaired) electrons. The summed E-state index contributed by atoms with van der Waals surface area (Å²) in [6, 6.07) is 141. The second-order valence-corrected chi connectivity index (χ2v) is 26.4. The van der Waals surface area contributed by atoms with Gasteiger partial charge >= 0.3 is 0 Å². The van der Waals surface area contributed by atoms with Crippen LogP contribution in [-0.4, -0.2) is 9.13 Å². The number of halogens is 1. The van der Waals surface area contributed by atoms with Gasteiger partial charge in [0.25, 0.3) is 0 Å². The molecule has 0 aliphatic rings. The Hall–Kier alpha value is -12.8. The van der Waals surface area contributed by atoms with Gasteiger partial charge in [-0.15, -0.1) is 0 Å². The first-order valence-corrected chi connectivity index (χ1v) is 35.1. The van der Waals surface area contributed by atoms with E-state index in [1.807, 2.05) is 12.1 Å². The van der Waals surface area contributed by atoms with Crippen LogP contribution in [0.2, 0.25) is 0 Å². The van der Waals surface area contributed by atoms with Crippen molar-refractivity contribution in [2.45, 2.75) is 0 Å². The lowest BCUT2D eigenvalue weighted by Crippen LogP contribution is -2.09. The van der Waals surface area contributed by atoms with Gasteiger partial charge in [-0.25, -0.2) is 0 Å². The number of rotatable bonds is 10. The van der Waals surface area contributed by atoms with Gasteiger partial charge in [-0.05, 0) is 197 Å². The Morgan fingerprint density at radius 3 is 0.832 bits per heavy atom. The molecule has 101 heavy (non-hydrogen) atoms. The van der Waals surface area contributed by atoms with E-state index in [-0.39, 0.29) is 0 Å². The summed E-state index contributed by atoms with van der Waals surface area (Å²) < 4.78 is 5.83. The average molecular weight is 1360 g/mol. The minimum Gasteiger partial charge on any atom is -0.399 e. The fourth-order valence-electron chi connectivity index (χ4n) is 14.6. The van der Waals surface area contributed by atoms with Crippen molar-refractivity contribution in [1.29, 1.82) is 0 Å². The van der Waals surface area contributed by atoms with E-state index in [1.165, 1.54) is 132 Å². The monoisotopic (exact) mass is 1350 g/mol. The van der Waals surface area contributed by atoms with Crippen molar-refractivity contribution in [3.8, 4) is 67.0 Å². The predicted octanol–water partition coefficient (Wildman–Crippen LogP) is 26.9. The molecule has 5 heteroatoms. The minimum atomic E-state index is 0.785. The van der Waals surface area contributed by atoms with E-state index in [0.717, 1.165) is 38.6 Å². The molecule has 19 aromatic rings. The smallest absolute Gasteiger partial charge is 0.0541 e. The molecule has 478 valence electrons. The summed E-state index contributed by atoms with van der Waals surface area (Å²) in [6.07, 6.45) is 0. The summed E-state index contributed by atoms with van der Waals surface area (Å²) in [5.74, 6) is 0. The van der Waals surface area contributed by atoms with Crippen molar-refractivity contribution in [1.82, 2.24) is 9.13 Å². The van der Waals surface area contributed by atoms with Crippen LogP contribution >= 0.6 is 15.9 Å². The summed E-state index contributed by atoms with van der Waals surface area (Å²) >= 11 is 3.47. The van der Waals surface area contributed by atoms with Gasteiger partial charge in [0.05, 0.1) is 22.1 Å². The average Bonchev–Trinajstić information content (AvgIpc) is 1.62. The lowest BCUT2D eigenvalue weighted by molar-refractivity contribution is 1.18. The normalized spacial score (nSPS) is 11.3. The second kappa shape index (κ2) is 27.2. The number of benzene rings is 17. The highest BCUT2D eigenvalue weighted by Gasteiger charge is 2.18. The number of hydrogen-bond acceptors (Lipinski definition) is 2. The summed E-state index contributed by atoms with van der Waals surface area (Å²) in [5.41, 5.74) is 29.2. The van der Waals surface area contributed by atoms with Crippen LogP contribution < -0.4 is 10.6 Å². The molecule has 0 atom stereocenters. The largest absolute Gasteiger partial charge is 0.399 e. The molecule has 2 heterocycles. The van der Waals surface area contributed by atoms with Gasteiger partial charge in [0.15, 0.2) is 0 Å². The molecule has 0 bridgehead atoms. The number of aromatic nitrogens is 2. The summed E-state index contributed by atoms with van der Waals surface area (Å²) in [6.45, 7) is 0. The van der Waals surface area contributed by atoms with Crippen LogP contribution in [-0.2, 0) is 0 Å². The number of fused-ring (bicyclic) bond motifs is 9. The lowest BCUT2D eigenvalue weighted by Gasteiger charge is -2.26. The Bertz CT molecular complexity index is 5960. The Labute approximate surface area is 596 Å². The van der Waals surface area contributed by atoms with E-state index in [0.29, 0.717) is 0 Å². The van der Waals surface area contributed by atoms with E-state index in [1.54, 1.807) is 0 Å². The van der Waals surface area contributed by atoms with Crippen molar-refractivity contribution < 1.29 is 0 Å². The number of hydrogen-bond donors (Lipinski definition) is 1. The molecular weight excluding hydrogens is 1290 g/mol. The van der Waals surface area contributed by atoms with Crippen LogP contribution in [0.4, 0.5) is 22.7 Å². The zero-order valence-electron chi connectivity index (χ0n) is 55.3. The third-order valence-electron chi connectivity index (χ3n) is 19.5. The number of para-hydroxylation sites is 4. The molecule has 0 unspecified atom stereocenters. The second-order valence-electron chi connectivity index (χ2n) is 25.5. The molecule has 0 saturated carbocycles. The zero-order chi connectivity index (χ0) is 67.6. The maximum Gasteiger partial charge on any atom is 0.0541 e. The molecule has 0 amide bonds. The van der Waals surface area contributed by atoms with E-state index < -0.39 is 0 Å². The fraction of sp³-hybridized carbons (Fsp3) is 0. The van der Waals surface area contributed by atoms with Gasteiger partial charge in [-0.2, -0.15) is 0 Å². The first kappa shape index (κ1) is 61.8. The Morgan fingerprint density at radius 1 is 0.218 bits per heavy atom. The van der Waals surface area contributed by atoms with E-state index >= 15 is 0 Å². The Morgan fingerprint density at radius 2 is 0.485 bits per heavy atom. The van der Waals surface area contributed by atoms with Gasteiger partial charge in [0, 0.05) is 60.1 Å². The van der Waals surface area contributed by atoms with Crippen LogP contribution in [0, 0.1) is 0 Å². The summed E-state index contributed by atoms with van der Waals surface area (Å²) in [4.78, 5) is 2.36. The van der Waals surface area contributed by atoms with Crippen LogP contribution in [0.1, 0.15) is 0 Å². The van der Waals surface area contributed by atoms with Gasteiger partial charge < -0.3 is 19.8 Å². The topological polar surface area (TPSA) is 39.1 Å². The molecule has 4 nitrogen and oxygen atoms in total. The van der Waals surface area contributed by atoms with Gasteiger partial charge in [0.1, 0.15) is 0 Å². The Balaban J connectivity index is 0.000000143. The molecule has 0 spiro atoms. The minimum absolute atomic E-state index is 0.785. The van der Waals surface area contributed by atoms with Crippen LogP contribution in [0.15, 0.2) is 399 Å². The molecule has 17 aromatic carbocycles. The highest BCUT2D eigenvalue weighted by atomic mass is 79.9. The quantitative estimate of drug-likeness (QED) is 0.139. The van der Waals surface area contributed by atoms with E-state index in [2.05, 4.69) is 412 Å². The van der Waals surface area contributed by atoms with Crippen LogP contribution in [0.3, 0.4) is 0 Å². The van der Waals surface area contributed by atoms with Crippen molar-refractivity contribution >= 4 is 115 Å². The summed E-state index contributed by atoms with van der Waals surface area (Å²) in [7, 11) is 0. The highest BCUT2D eigenvalue weighted by molar-refractivity contribution is 9.10. The van der Waals surface area contributed by atoms with Gasteiger partial charge in [-0.1, -0.05) is 301 Å². The van der Waals surface area contributed by atoms with E-state index in [9.17, 15) is 0 Å². The van der Waals surface area contributed by atoms with Crippen molar-refractivity contribution in [3.63, 3.8) is 0 Å². The van der Waals surface area contributed by atoms with E-state index in [4.69, 9.17) is 5.73 Å². The van der Waals surface area contributed by atoms with Crippen LogP contribution in [0.25, 0.3) is 143 Å². The SMILES string of the molecule is Brc1ccc(-c2cccc3ccccc23)cc1.Nc1ccc(-c2cccc(-n3c4ccccc4c4ccccc43)c2)cc1.c1cc(-c2ccc(N(c3ccc(-c4cccc5ccccc45)cc3)c3ccc(-c4cccc5ccccc45)cc3)cc2)cc(-n2c3ccccc3c3ccccc32)c1. The maximum absolute atomic E-state index is 5.83. The maximum atomic E-state index is 5.83. The zero-order valence-corrected chi connectivity index (χ0v) is 56.9. The Kier molecular flexibility index (Phi) is 16.7. The first-order valence-electron chi connectivity index (χ1n) is 34.3. The molecule has 19 rings (SSSR count). The predicted molar refractivity (Wildman–Crippen MR) is 434 cm³/mol. The number of nitrogen functional groups attached to an aromatic ring is 1. The molecule has 2 aromatic heterocycles. The molecule has 2 N–H and O–H groups in total. The van der Waals surface area contributed by atoms with Gasteiger partial charge in [0.2, 0.25) is 0 Å². The third-order valence-corrected chi connectivity index (χ3v) is 20.0. The van der Waals surface area contributed by atoms with Crippen molar-refractivity contribution in [2.24, 2.45) is 0 Å². The standard InChI is InChI=1S/C56H38N2.C24H18N2.C16H11Br/c1-3-18-49-40(12-1)14-10-22-51(49)42-28-34-46(35-29-42)57(47-36-30-43(31-37-47)52-23-11-15-41-13-2-4-19-50(41)52)45-32-26-39(27-33-45)44-16-9-17-48(38-44)58-55-24-7-5-20-53(55)54-21-6-8-25-56(54)58;25-19-14-12-17(13-15-19)18-6-5-7-20(16-18)26-23-10-3-1-8-21(23)22-9-2-4-11-24(22)26;17-14-10-8-13(9-11-14)16-7-3-5-12-4-1-2-6-15(12)16/h1-38H;1-16H,25H2;1-11H. The third kappa shape index (κ3) is 12.2. The number of nitrogens with two attached hydrogens (primary N) is 1. The first-order chi connectivity index (χ1) is 49.9.